The molecule has 0 N–H and O–H groups in total. The third kappa shape index (κ3) is 5.47. The van der Waals surface area contributed by atoms with Gasteiger partial charge >= 0.3 is 6.18 Å². The van der Waals surface area contributed by atoms with Crippen molar-refractivity contribution < 1.29 is 40.6 Å². The Bertz CT molecular complexity index is 1120. The molecule has 0 bridgehead atoms. The van der Waals surface area contributed by atoms with Crippen LogP contribution in [0.1, 0.15) is 42.5 Å². The normalized spacial score (nSPS) is 23.9. The number of rotatable bonds is 7. The van der Waals surface area contributed by atoms with E-state index >= 15 is 8.78 Å². The van der Waals surface area contributed by atoms with Crippen molar-refractivity contribution in [2.24, 2.45) is 0 Å². The SMILES string of the molecule is C[C@@H]1Cc2cc3c(cc2[C@@H](c2c(F)cc(O[C@H]4CCN(CCCF)C4)cc2F)N1CC(F)(F)F)OCO3. The summed E-state index contributed by atoms with van der Waals surface area (Å²) in [5, 5.41) is 0. The summed E-state index contributed by atoms with van der Waals surface area (Å²) in [4.78, 5) is 3.09. The fourth-order valence-corrected chi connectivity index (χ4v) is 5.54. The van der Waals surface area contributed by atoms with Crippen LogP contribution in [-0.4, -0.2) is 67.8 Å². The minimum Gasteiger partial charge on any atom is -0.489 e. The van der Waals surface area contributed by atoms with Crippen LogP contribution in [0, 0.1) is 11.6 Å². The maximum absolute atomic E-state index is 15.6. The van der Waals surface area contributed by atoms with Crippen LogP contribution in [0.2, 0.25) is 0 Å². The van der Waals surface area contributed by atoms with E-state index in [-0.39, 0.29) is 25.1 Å². The molecule has 0 radical (unpaired) electrons. The molecule has 0 unspecified atom stereocenters. The summed E-state index contributed by atoms with van der Waals surface area (Å²) in [7, 11) is 0. The quantitative estimate of drug-likeness (QED) is 0.448. The lowest BCUT2D eigenvalue weighted by molar-refractivity contribution is -0.155. The Kier molecular flexibility index (Phi) is 7.19. The number of ether oxygens (including phenoxy) is 3. The lowest BCUT2D eigenvalue weighted by Gasteiger charge is -2.42. The largest absolute Gasteiger partial charge is 0.489 e. The third-order valence-electron chi connectivity index (χ3n) is 7.17. The van der Waals surface area contributed by atoms with Gasteiger partial charge in [0.1, 0.15) is 23.5 Å². The lowest BCUT2D eigenvalue weighted by atomic mass is 9.84. The summed E-state index contributed by atoms with van der Waals surface area (Å²) in [5.74, 6) is -1.23. The van der Waals surface area contributed by atoms with E-state index in [0.29, 0.717) is 55.1 Å². The van der Waals surface area contributed by atoms with Crippen molar-refractivity contribution in [2.45, 2.75) is 50.6 Å². The molecule has 1 fully saturated rings. The number of halogens is 6. The zero-order valence-corrected chi connectivity index (χ0v) is 20.3. The van der Waals surface area contributed by atoms with Crippen molar-refractivity contribution in [3.05, 3.63) is 52.6 Å². The molecule has 2 aromatic carbocycles. The summed E-state index contributed by atoms with van der Waals surface area (Å²) < 4.78 is 101. The number of hydrogen-bond donors (Lipinski definition) is 0. The number of likely N-dealkylation sites (tertiary alicyclic amines) is 1. The summed E-state index contributed by atoms with van der Waals surface area (Å²) in [6, 6.07) is 3.27. The van der Waals surface area contributed by atoms with Crippen molar-refractivity contribution >= 4 is 0 Å². The minimum atomic E-state index is -4.58. The molecule has 3 aliphatic heterocycles. The molecule has 0 aromatic heterocycles. The Morgan fingerprint density at radius 1 is 1.05 bits per heavy atom. The van der Waals surface area contributed by atoms with Gasteiger partial charge in [0.05, 0.1) is 19.3 Å². The van der Waals surface area contributed by atoms with Gasteiger partial charge in [0.15, 0.2) is 11.5 Å². The van der Waals surface area contributed by atoms with Crippen LogP contribution < -0.4 is 14.2 Å². The van der Waals surface area contributed by atoms with E-state index < -0.39 is 48.7 Å². The predicted molar refractivity (Wildman–Crippen MR) is 123 cm³/mol. The van der Waals surface area contributed by atoms with Crippen LogP contribution in [0.3, 0.4) is 0 Å². The van der Waals surface area contributed by atoms with Gasteiger partial charge in [-0.25, -0.2) is 8.78 Å². The second kappa shape index (κ2) is 10.2. The standard InChI is InChI=1S/C26H28F6N2O3/c1-15-7-16-8-22-23(36-14-35-22)11-19(16)25(34(15)13-26(30,31)32)24-20(28)9-18(10-21(24)29)37-17-3-6-33(12-17)5-2-4-27/h8-11,15,17,25H,2-7,12-14H2,1H3/t15-,17+,25+/m1/s1. The van der Waals surface area contributed by atoms with Gasteiger partial charge in [0, 0.05) is 43.4 Å². The molecule has 2 aromatic rings. The summed E-state index contributed by atoms with van der Waals surface area (Å²) in [6.07, 6.45) is -3.62. The molecular weight excluding hydrogens is 502 g/mol. The first-order valence-electron chi connectivity index (χ1n) is 12.3. The van der Waals surface area contributed by atoms with Gasteiger partial charge in [0.2, 0.25) is 6.79 Å². The summed E-state index contributed by atoms with van der Waals surface area (Å²) >= 11 is 0. The van der Waals surface area contributed by atoms with E-state index in [1.807, 2.05) is 4.90 Å². The third-order valence-corrected chi connectivity index (χ3v) is 7.17. The maximum atomic E-state index is 15.6. The second-order valence-electron chi connectivity index (χ2n) is 9.82. The van der Waals surface area contributed by atoms with E-state index in [1.54, 1.807) is 13.0 Å². The zero-order valence-electron chi connectivity index (χ0n) is 20.3. The molecule has 3 atom stereocenters. The molecule has 0 spiro atoms. The highest BCUT2D eigenvalue weighted by Crippen LogP contribution is 2.46. The van der Waals surface area contributed by atoms with Gasteiger partial charge in [0.25, 0.3) is 0 Å². The fourth-order valence-electron chi connectivity index (χ4n) is 5.54. The van der Waals surface area contributed by atoms with Gasteiger partial charge in [-0.1, -0.05) is 0 Å². The topological polar surface area (TPSA) is 34.2 Å². The summed E-state index contributed by atoms with van der Waals surface area (Å²) in [5.41, 5.74) is 0.523. The zero-order chi connectivity index (χ0) is 26.3. The fraction of sp³-hybridized carbons (Fsp3) is 0.538. The number of hydrogen-bond acceptors (Lipinski definition) is 5. The molecular formula is C26H28F6N2O3. The van der Waals surface area contributed by atoms with Crippen molar-refractivity contribution in [3.63, 3.8) is 0 Å². The molecule has 0 aliphatic carbocycles. The van der Waals surface area contributed by atoms with Crippen LogP contribution >= 0.6 is 0 Å². The molecule has 3 aliphatic rings. The van der Waals surface area contributed by atoms with Gasteiger partial charge in [-0.15, -0.1) is 0 Å². The Morgan fingerprint density at radius 2 is 1.76 bits per heavy atom. The maximum Gasteiger partial charge on any atom is 0.401 e. The number of fused-ring (bicyclic) bond motifs is 2. The smallest absolute Gasteiger partial charge is 0.401 e. The Morgan fingerprint density at radius 3 is 2.43 bits per heavy atom. The van der Waals surface area contributed by atoms with E-state index in [0.717, 1.165) is 17.0 Å². The number of nitrogens with zero attached hydrogens (tertiary/aromatic N) is 2. The van der Waals surface area contributed by atoms with Gasteiger partial charge < -0.3 is 14.2 Å². The first kappa shape index (κ1) is 26.0. The van der Waals surface area contributed by atoms with Gasteiger partial charge in [-0.2, -0.15) is 13.2 Å². The van der Waals surface area contributed by atoms with Crippen molar-refractivity contribution in [1.29, 1.82) is 0 Å². The van der Waals surface area contributed by atoms with Crippen LogP contribution in [0.5, 0.6) is 17.2 Å². The van der Waals surface area contributed by atoms with Crippen LogP contribution in [-0.2, 0) is 6.42 Å². The monoisotopic (exact) mass is 530 g/mol. The second-order valence-corrected chi connectivity index (χ2v) is 9.82. The molecule has 5 rings (SSSR count). The first-order chi connectivity index (χ1) is 17.6. The predicted octanol–water partition coefficient (Wildman–Crippen LogP) is 5.40. The lowest BCUT2D eigenvalue weighted by Crippen LogP contribution is -2.47. The molecule has 11 heteroatoms. The van der Waals surface area contributed by atoms with E-state index in [1.165, 1.54) is 6.07 Å². The highest BCUT2D eigenvalue weighted by molar-refractivity contribution is 5.53. The highest BCUT2D eigenvalue weighted by atomic mass is 19.4. The molecule has 0 amide bonds. The Hall–Kier alpha value is -2.66. The summed E-state index contributed by atoms with van der Waals surface area (Å²) in [6.45, 7) is 1.58. The Balaban J connectivity index is 1.48. The average molecular weight is 531 g/mol. The minimum absolute atomic E-state index is 0.0340. The molecule has 202 valence electrons. The van der Waals surface area contributed by atoms with E-state index in [4.69, 9.17) is 14.2 Å². The number of alkyl halides is 4. The molecule has 0 saturated carbocycles. The number of benzene rings is 2. The van der Waals surface area contributed by atoms with E-state index in [9.17, 15) is 17.6 Å². The van der Waals surface area contributed by atoms with E-state index in [2.05, 4.69) is 0 Å². The average Bonchev–Trinajstić information content (AvgIpc) is 3.46. The van der Waals surface area contributed by atoms with Crippen LogP contribution in [0.15, 0.2) is 24.3 Å². The van der Waals surface area contributed by atoms with Gasteiger partial charge in [-0.3, -0.25) is 14.2 Å². The van der Waals surface area contributed by atoms with Crippen molar-refractivity contribution in [3.8, 4) is 17.2 Å². The molecule has 1 saturated heterocycles. The van der Waals surface area contributed by atoms with Crippen LogP contribution in [0.25, 0.3) is 0 Å². The highest BCUT2D eigenvalue weighted by Gasteiger charge is 2.43. The molecule has 3 heterocycles. The van der Waals surface area contributed by atoms with Crippen molar-refractivity contribution in [1.82, 2.24) is 9.80 Å². The van der Waals surface area contributed by atoms with Crippen molar-refractivity contribution in [2.75, 3.05) is 39.6 Å². The molecule has 5 nitrogen and oxygen atoms in total. The van der Waals surface area contributed by atoms with Gasteiger partial charge in [-0.05, 0) is 49.4 Å². The van der Waals surface area contributed by atoms with Crippen LogP contribution in [0.4, 0.5) is 26.3 Å². The molecule has 37 heavy (non-hydrogen) atoms. The Labute approximate surface area is 210 Å². The first-order valence-corrected chi connectivity index (χ1v) is 12.3.